The van der Waals surface area contributed by atoms with Crippen LogP contribution in [0.3, 0.4) is 0 Å². The molecule has 3 fully saturated rings. The number of esters is 2. The summed E-state index contributed by atoms with van der Waals surface area (Å²) < 4.78 is 19.4. The molecule has 1 saturated heterocycles. The van der Waals surface area contributed by atoms with Crippen LogP contribution in [0.2, 0.25) is 0 Å². The molecular formula is C37H44N2O6. The molecule has 8 heteroatoms. The number of likely N-dealkylation sites (tertiary alicyclic amines) is 1. The van der Waals surface area contributed by atoms with E-state index in [1.54, 1.807) is 6.08 Å². The molecule has 0 unspecified atom stereocenters. The van der Waals surface area contributed by atoms with Crippen molar-refractivity contribution in [1.82, 2.24) is 9.80 Å². The van der Waals surface area contributed by atoms with Gasteiger partial charge in [0.15, 0.2) is 11.5 Å². The van der Waals surface area contributed by atoms with Gasteiger partial charge in [-0.25, -0.2) is 0 Å². The molecule has 2 aliphatic heterocycles. The Morgan fingerprint density at radius 2 is 1.82 bits per heavy atom. The topological polar surface area (TPSA) is 85.4 Å². The standard InChI is InChI=1S/C37H44N2O6/c1-23(2)21-39(32(42)15-12-26-8-6-5-7-9-26)29-16-17-37(45-25(4)41)31-20-28-13-14-30(43-24(3)40)34-33(28)36(37,35(29)44-34)18-19-38(31)22-27-10-11-27/h5-9,12-15,23,27,29,31,35H,10-11,16-22H2,1-4H3/t29-,31-,35+,36+,37-/m1/s1. The van der Waals surface area contributed by atoms with E-state index in [1.807, 2.05) is 47.4 Å². The van der Waals surface area contributed by atoms with Crippen LogP contribution < -0.4 is 9.47 Å². The Labute approximate surface area is 265 Å². The fraction of sp³-hybridized carbons (Fsp3) is 0.541. The van der Waals surface area contributed by atoms with E-state index in [-0.39, 0.29) is 29.9 Å². The molecule has 5 atom stereocenters. The zero-order valence-electron chi connectivity index (χ0n) is 26.8. The third kappa shape index (κ3) is 4.96. The smallest absolute Gasteiger partial charge is 0.308 e. The number of carbonyl (C=O) groups is 3. The first-order valence-corrected chi connectivity index (χ1v) is 16.6. The fourth-order valence-corrected chi connectivity index (χ4v) is 9.04. The zero-order chi connectivity index (χ0) is 31.5. The Bertz CT molecular complexity index is 1530. The second kappa shape index (κ2) is 11.3. The number of hydrogen-bond acceptors (Lipinski definition) is 7. The first-order chi connectivity index (χ1) is 21.6. The summed E-state index contributed by atoms with van der Waals surface area (Å²) in [7, 11) is 0. The highest BCUT2D eigenvalue weighted by Crippen LogP contribution is 2.67. The molecule has 1 spiro atoms. The quantitative estimate of drug-likeness (QED) is 0.216. The van der Waals surface area contributed by atoms with Crippen LogP contribution in [-0.2, 0) is 31.0 Å². The molecule has 1 amide bonds. The van der Waals surface area contributed by atoms with E-state index < -0.39 is 23.1 Å². The maximum absolute atomic E-state index is 14.1. The number of rotatable bonds is 9. The summed E-state index contributed by atoms with van der Waals surface area (Å²) in [4.78, 5) is 43.9. The van der Waals surface area contributed by atoms with Gasteiger partial charge in [0.2, 0.25) is 5.91 Å². The van der Waals surface area contributed by atoms with Crippen LogP contribution in [0.4, 0.5) is 0 Å². The van der Waals surface area contributed by atoms with Crippen LogP contribution in [0.5, 0.6) is 11.5 Å². The molecule has 3 aliphatic carbocycles. The van der Waals surface area contributed by atoms with Crippen LogP contribution in [0, 0.1) is 11.8 Å². The lowest BCUT2D eigenvalue weighted by atomic mass is 9.48. The van der Waals surface area contributed by atoms with Crippen molar-refractivity contribution in [3.05, 3.63) is 65.2 Å². The molecule has 2 aromatic carbocycles. The van der Waals surface area contributed by atoms with Gasteiger partial charge in [0.1, 0.15) is 11.7 Å². The summed E-state index contributed by atoms with van der Waals surface area (Å²) in [6, 6.07) is 13.5. The highest BCUT2D eigenvalue weighted by molar-refractivity contribution is 5.92. The van der Waals surface area contributed by atoms with Gasteiger partial charge in [0.25, 0.3) is 0 Å². The molecule has 2 bridgehead atoms. The van der Waals surface area contributed by atoms with Crippen LogP contribution >= 0.6 is 0 Å². The van der Waals surface area contributed by atoms with Gasteiger partial charge in [-0.1, -0.05) is 50.2 Å². The lowest BCUT2D eigenvalue weighted by Crippen LogP contribution is -2.79. The molecule has 45 heavy (non-hydrogen) atoms. The number of ether oxygens (including phenoxy) is 3. The van der Waals surface area contributed by atoms with E-state index in [0.717, 1.165) is 42.6 Å². The molecule has 2 heterocycles. The molecule has 238 valence electrons. The van der Waals surface area contributed by atoms with Gasteiger partial charge >= 0.3 is 11.9 Å². The fourth-order valence-electron chi connectivity index (χ4n) is 9.04. The molecule has 2 aromatic rings. The molecule has 0 aromatic heterocycles. The maximum Gasteiger partial charge on any atom is 0.308 e. The minimum absolute atomic E-state index is 0.00746. The van der Waals surface area contributed by atoms with Crippen molar-refractivity contribution in [2.75, 3.05) is 19.6 Å². The van der Waals surface area contributed by atoms with E-state index in [4.69, 9.17) is 14.2 Å². The predicted octanol–water partition coefficient (Wildman–Crippen LogP) is 5.31. The van der Waals surface area contributed by atoms with Crippen LogP contribution in [0.15, 0.2) is 48.5 Å². The van der Waals surface area contributed by atoms with Crippen molar-refractivity contribution in [2.45, 2.75) is 95.4 Å². The van der Waals surface area contributed by atoms with E-state index in [9.17, 15) is 14.4 Å². The van der Waals surface area contributed by atoms with E-state index in [1.165, 1.54) is 26.7 Å². The van der Waals surface area contributed by atoms with Crippen molar-refractivity contribution < 1.29 is 28.6 Å². The van der Waals surface area contributed by atoms with Crippen molar-refractivity contribution in [3.8, 4) is 11.5 Å². The van der Waals surface area contributed by atoms with Gasteiger partial charge in [0.05, 0.1) is 17.5 Å². The summed E-state index contributed by atoms with van der Waals surface area (Å²) in [5.41, 5.74) is 1.64. The maximum atomic E-state index is 14.1. The number of benzene rings is 2. The van der Waals surface area contributed by atoms with Crippen molar-refractivity contribution in [2.24, 2.45) is 11.8 Å². The molecule has 2 saturated carbocycles. The predicted molar refractivity (Wildman–Crippen MR) is 170 cm³/mol. The normalized spacial score (nSPS) is 29.7. The van der Waals surface area contributed by atoms with Gasteiger partial charge in [-0.2, -0.15) is 0 Å². The van der Waals surface area contributed by atoms with Gasteiger partial charge in [0, 0.05) is 38.6 Å². The van der Waals surface area contributed by atoms with Crippen molar-refractivity contribution in [1.29, 1.82) is 0 Å². The molecule has 0 radical (unpaired) electrons. The Balaban J connectivity index is 1.36. The molecule has 8 nitrogen and oxygen atoms in total. The summed E-state index contributed by atoms with van der Waals surface area (Å²) in [5, 5.41) is 0. The SMILES string of the molecule is CC(=O)Oc1ccc2c3c1O[C@H]1[C@H](N(CC(C)C)C(=O)C=Cc4ccccc4)CC[C@@]4(OC(C)=O)[C@@H](C2)N(CC2CC2)CC[C@]314. The highest BCUT2D eigenvalue weighted by Gasteiger charge is 2.76. The first kappa shape index (κ1) is 30.0. The summed E-state index contributed by atoms with van der Waals surface area (Å²) in [5.74, 6) is 1.12. The number of nitrogens with zero attached hydrogens (tertiary/aromatic N) is 2. The van der Waals surface area contributed by atoms with Gasteiger partial charge in [-0.05, 0) is 80.2 Å². The molecular weight excluding hydrogens is 568 g/mol. The summed E-state index contributed by atoms with van der Waals surface area (Å²) >= 11 is 0. The highest BCUT2D eigenvalue weighted by atomic mass is 16.6. The monoisotopic (exact) mass is 612 g/mol. The van der Waals surface area contributed by atoms with Gasteiger partial charge < -0.3 is 19.1 Å². The Kier molecular flexibility index (Phi) is 7.54. The summed E-state index contributed by atoms with van der Waals surface area (Å²) in [6.07, 6.45) is 8.31. The zero-order valence-corrected chi connectivity index (χ0v) is 26.8. The minimum atomic E-state index is -0.813. The average Bonchev–Trinajstić information content (AvgIpc) is 3.74. The average molecular weight is 613 g/mol. The van der Waals surface area contributed by atoms with Gasteiger partial charge in [-0.15, -0.1) is 0 Å². The largest absolute Gasteiger partial charge is 0.483 e. The Morgan fingerprint density at radius 1 is 1.04 bits per heavy atom. The summed E-state index contributed by atoms with van der Waals surface area (Å²) in [6.45, 7) is 9.59. The van der Waals surface area contributed by atoms with E-state index in [2.05, 4.69) is 24.8 Å². The van der Waals surface area contributed by atoms with Crippen LogP contribution in [0.25, 0.3) is 6.08 Å². The number of hydrogen-bond donors (Lipinski definition) is 0. The number of piperidine rings is 1. The Hall–Kier alpha value is -3.65. The molecule has 7 rings (SSSR count). The second-order valence-electron chi connectivity index (χ2n) is 14.2. The minimum Gasteiger partial charge on any atom is -0.483 e. The van der Waals surface area contributed by atoms with Crippen LogP contribution in [-0.4, -0.2) is 71.1 Å². The second-order valence-corrected chi connectivity index (χ2v) is 14.2. The van der Waals surface area contributed by atoms with Crippen molar-refractivity contribution in [3.63, 3.8) is 0 Å². The number of carbonyl (C=O) groups excluding carboxylic acids is 3. The third-order valence-corrected chi connectivity index (χ3v) is 10.7. The van der Waals surface area contributed by atoms with Gasteiger partial charge in [-0.3, -0.25) is 19.3 Å². The number of amides is 1. The van der Waals surface area contributed by atoms with Crippen LogP contribution in [0.1, 0.15) is 76.5 Å². The first-order valence-electron chi connectivity index (χ1n) is 16.6. The third-order valence-electron chi connectivity index (χ3n) is 10.7. The lowest BCUT2D eigenvalue weighted by molar-refractivity contribution is -0.224. The Morgan fingerprint density at radius 3 is 2.51 bits per heavy atom. The lowest BCUT2D eigenvalue weighted by Gasteiger charge is -2.65. The molecule has 0 N–H and O–H groups in total. The van der Waals surface area contributed by atoms with E-state index in [0.29, 0.717) is 36.8 Å². The van der Waals surface area contributed by atoms with Crippen molar-refractivity contribution >= 4 is 23.9 Å². The molecule has 5 aliphatic rings. The van der Waals surface area contributed by atoms with E-state index >= 15 is 0 Å².